The van der Waals surface area contributed by atoms with Crippen LogP contribution in [0, 0.1) is 5.92 Å². The van der Waals surface area contributed by atoms with Crippen molar-refractivity contribution >= 4 is 23.3 Å². The van der Waals surface area contributed by atoms with Crippen LogP contribution in [-0.2, 0) is 4.79 Å². The van der Waals surface area contributed by atoms with Gasteiger partial charge in [-0.15, -0.1) is 0 Å². The molecule has 1 amide bonds. The molecule has 6 nitrogen and oxygen atoms in total. The van der Waals surface area contributed by atoms with Crippen molar-refractivity contribution in [2.75, 3.05) is 31.1 Å². The number of benzene rings is 1. The van der Waals surface area contributed by atoms with Crippen LogP contribution in [0.4, 0.5) is 5.82 Å². The van der Waals surface area contributed by atoms with Crippen LogP contribution in [-0.4, -0.2) is 42.1 Å². The van der Waals surface area contributed by atoms with Crippen LogP contribution in [0.1, 0.15) is 12.8 Å². The summed E-state index contributed by atoms with van der Waals surface area (Å²) in [5.74, 6) is 1.76. The number of ether oxygens (including phenoxy) is 1. The van der Waals surface area contributed by atoms with Crippen molar-refractivity contribution in [1.82, 2.24) is 15.3 Å². The van der Waals surface area contributed by atoms with E-state index in [0.717, 1.165) is 37.5 Å². The standard InChI is InChI=1S/C18H21ClN4O2/c19-15-1-3-16(4-2-15)25-12-9-22-18(24)14-5-10-23(11-6-14)17-13-20-7-8-21-17/h1-4,7-8,13-14H,5-6,9-12H2,(H,22,24). The molecule has 1 aliphatic heterocycles. The molecular formula is C18H21ClN4O2. The lowest BCUT2D eigenvalue weighted by molar-refractivity contribution is -0.125. The topological polar surface area (TPSA) is 67.3 Å². The number of nitrogens with zero attached hydrogens (tertiary/aromatic N) is 3. The van der Waals surface area contributed by atoms with Crippen LogP contribution in [0.25, 0.3) is 0 Å². The number of aromatic nitrogens is 2. The number of piperidine rings is 1. The van der Waals surface area contributed by atoms with Gasteiger partial charge in [-0.25, -0.2) is 4.98 Å². The van der Waals surface area contributed by atoms with Crippen molar-refractivity contribution in [2.24, 2.45) is 5.92 Å². The maximum atomic E-state index is 12.3. The smallest absolute Gasteiger partial charge is 0.223 e. The fourth-order valence-corrected chi connectivity index (χ4v) is 2.97. The molecule has 0 unspecified atom stereocenters. The fraction of sp³-hybridized carbons (Fsp3) is 0.389. The SMILES string of the molecule is O=C(NCCOc1ccc(Cl)cc1)C1CCN(c2cnccn2)CC1. The van der Waals surface area contributed by atoms with Crippen molar-refractivity contribution in [3.63, 3.8) is 0 Å². The van der Waals surface area contributed by atoms with Gasteiger partial charge in [0.1, 0.15) is 18.2 Å². The number of amides is 1. The normalized spacial score (nSPS) is 15.0. The minimum atomic E-state index is 0.0449. The van der Waals surface area contributed by atoms with Gasteiger partial charge in [0, 0.05) is 36.4 Å². The van der Waals surface area contributed by atoms with E-state index in [1.807, 2.05) is 12.1 Å². The summed E-state index contributed by atoms with van der Waals surface area (Å²) >= 11 is 5.83. The number of rotatable bonds is 6. The van der Waals surface area contributed by atoms with Crippen molar-refractivity contribution in [2.45, 2.75) is 12.8 Å². The largest absolute Gasteiger partial charge is 0.492 e. The van der Waals surface area contributed by atoms with Gasteiger partial charge in [0.2, 0.25) is 5.91 Å². The van der Waals surface area contributed by atoms with Gasteiger partial charge >= 0.3 is 0 Å². The zero-order valence-electron chi connectivity index (χ0n) is 13.9. The highest BCUT2D eigenvalue weighted by atomic mass is 35.5. The van der Waals surface area contributed by atoms with Gasteiger partial charge in [0.15, 0.2) is 0 Å². The van der Waals surface area contributed by atoms with Crippen LogP contribution in [0.15, 0.2) is 42.9 Å². The minimum Gasteiger partial charge on any atom is -0.492 e. The first kappa shape index (κ1) is 17.5. The first-order valence-electron chi connectivity index (χ1n) is 8.39. The second-order valence-electron chi connectivity index (χ2n) is 5.92. The number of hydrogen-bond acceptors (Lipinski definition) is 5. The van der Waals surface area contributed by atoms with Crippen LogP contribution in [0.3, 0.4) is 0 Å². The number of anilines is 1. The predicted molar refractivity (Wildman–Crippen MR) is 96.9 cm³/mol. The quantitative estimate of drug-likeness (QED) is 0.802. The molecule has 1 aromatic carbocycles. The van der Waals surface area contributed by atoms with E-state index in [0.29, 0.717) is 18.2 Å². The molecule has 2 aromatic rings. The Labute approximate surface area is 152 Å². The molecule has 0 radical (unpaired) electrons. The first-order valence-corrected chi connectivity index (χ1v) is 8.77. The summed E-state index contributed by atoms with van der Waals surface area (Å²) in [4.78, 5) is 22.8. The summed E-state index contributed by atoms with van der Waals surface area (Å²) in [6.45, 7) is 2.56. The van der Waals surface area contributed by atoms with Crippen molar-refractivity contribution in [3.05, 3.63) is 47.9 Å². The Hall–Kier alpha value is -2.34. The lowest BCUT2D eigenvalue weighted by Gasteiger charge is -2.31. The number of nitrogens with one attached hydrogen (secondary N) is 1. The summed E-state index contributed by atoms with van der Waals surface area (Å²) in [6.07, 6.45) is 6.75. The second-order valence-corrected chi connectivity index (χ2v) is 6.35. The molecule has 1 fully saturated rings. The molecule has 0 aliphatic carbocycles. The lowest BCUT2D eigenvalue weighted by Crippen LogP contribution is -2.41. The van der Waals surface area contributed by atoms with Crippen molar-refractivity contribution in [1.29, 1.82) is 0 Å². The van der Waals surface area contributed by atoms with Gasteiger partial charge < -0.3 is 15.0 Å². The Balaban J connectivity index is 1.36. The average Bonchev–Trinajstić information content (AvgIpc) is 2.67. The molecule has 0 spiro atoms. The molecule has 0 bridgehead atoms. The molecular weight excluding hydrogens is 340 g/mol. The third kappa shape index (κ3) is 5.06. The molecule has 3 rings (SSSR count). The Morgan fingerprint density at radius 3 is 2.68 bits per heavy atom. The van der Waals surface area contributed by atoms with E-state index in [9.17, 15) is 4.79 Å². The highest BCUT2D eigenvalue weighted by Gasteiger charge is 2.25. The van der Waals surface area contributed by atoms with Crippen molar-refractivity contribution in [3.8, 4) is 5.75 Å². The lowest BCUT2D eigenvalue weighted by atomic mass is 9.96. The summed E-state index contributed by atoms with van der Waals surface area (Å²) in [5, 5.41) is 3.63. The van der Waals surface area contributed by atoms with E-state index < -0.39 is 0 Å². The van der Waals surface area contributed by atoms with Gasteiger partial charge in [0.05, 0.1) is 12.7 Å². The maximum absolute atomic E-state index is 12.3. The van der Waals surface area contributed by atoms with Crippen molar-refractivity contribution < 1.29 is 9.53 Å². The van der Waals surface area contributed by atoms with Crippen LogP contribution in [0.2, 0.25) is 5.02 Å². The summed E-state index contributed by atoms with van der Waals surface area (Å²) in [6, 6.07) is 7.18. The number of hydrogen-bond donors (Lipinski definition) is 1. The molecule has 25 heavy (non-hydrogen) atoms. The van der Waals surface area contributed by atoms with E-state index in [1.54, 1.807) is 30.7 Å². The van der Waals surface area contributed by atoms with E-state index in [4.69, 9.17) is 16.3 Å². The Morgan fingerprint density at radius 1 is 1.24 bits per heavy atom. The van der Waals surface area contributed by atoms with E-state index in [2.05, 4.69) is 20.2 Å². The monoisotopic (exact) mass is 360 g/mol. The molecule has 2 heterocycles. The second kappa shape index (κ2) is 8.67. The number of halogens is 1. The highest BCUT2D eigenvalue weighted by Crippen LogP contribution is 2.21. The molecule has 1 aromatic heterocycles. The van der Waals surface area contributed by atoms with Crippen LogP contribution in [0.5, 0.6) is 5.75 Å². The summed E-state index contributed by atoms with van der Waals surface area (Å²) < 4.78 is 5.58. The Bertz CT molecular complexity index is 673. The van der Waals surface area contributed by atoms with E-state index in [1.165, 1.54) is 0 Å². The third-order valence-electron chi connectivity index (χ3n) is 4.22. The molecule has 1 N–H and O–H groups in total. The zero-order valence-corrected chi connectivity index (χ0v) is 14.7. The first-order chi connectivity index (χ1) is 12.2. The van der Waals surface area contributed by atoms with Crippen LogP contribution >= 0.6 is 11.6 Å². The van der Waals surface area contributed by atoms with E-state index >= 15 is 0 Å². The maximum Gasteiger partial charge on any atom is 0.223 e. The summed E-state index contributed by atoms with van der Waals surface area (Å²) in [7, 11) is 0. The molecule has 7 heteroatoms. The van der Waals surface area contributed by atoms with Gasteiger partial charge in [-0.1, -0.05) is 11.6 Å². The van der Waals surface area contributed by atoms with Gasteiger partial charge in [-0.3, -0.25) is 9.78 Å². The van der Waals surface area contributed by atoms with Gasteiger partial charge in [0.25, 0.3) is 0 Å². The minimum absolute atomic E-state index is 0.0449. The average molecular weight is 361 g/mol. The molecule has 132 valence electrons. The Morgan fingerprint density at radius 2 is 2.00 bits per heavy atom. The molecule has 1 saturated heterocycles. The number of carbonyl (C=O) groups is 1. The fourth-order valence-electron chi connectivity index (χ4n) is 2.84. The van der Waals surface area contributed by atoms with Gasteiger partial charge in [-0.2, -0.15) is 0 Å². The molecule has 0 atom stereocenters. The predicted octanol–water partition coefficient (Wildman–Crippen LogP) is 2.54. The summed E-state index contributed by atoms with van der Waals surface area (Å²) in [5.41, 5.74) is 0. The number of carbonyl (C=O) groups excluding carboxylic acids is 1. The zero-order chi connectivity index (χ0) is 17.5. The molecule has 1 aliphatic rings. The third-order valence-corrected chi connectivity index (χ3v) is 4.47. The molecule has 0 saturated carbocycles. The van der Waals surface area contributed by atoms with E-state index in [-0.39, 0.29) is 11.8 Å². The van der Waals surface area contributed by atoms with Gasteiger partial charge in [-0.05, 0) is 37.1 Å². The highest BCUT2D eigenvalue weighted by molar-refractivity contribution is 6.30. The van der Waals surface area contributed by atoms with Crippen LogP contribution < -0.4 is 15.0 Å². The Kier molecular flexibility index (Phi) is 6.06.